The Hall–Kier alpha value is -4.10. The minimum atomic E-state index is -3.24. The lowest BCUT2D eigenvalue weighted by atomic mass is 10.3. The number of ether oxygens (including phenoxy) is 6. The van der Waals surface area contributed by atoms with Crippen LogP contribution in [0.2, 0.25) is 0 Å². The van der Waals surface area contributed by atoms with Crippen molar-refractivity contribution in [1.82, 2.24) is 0 Å². The van der Waals surface area contributed by atoms with Crippen molar-refractivity contribution in [2.45, 2.75) is 0 Å². The molecule has 0 saturated heterocycles. The molecular weight excluding hydrogens is 484 g/mol. The summed E-state index contributed by atoms with van der Waals surface area (Å²) in [6, 6.07) is 28.2. The van der Waals surface area contributed by atoms with Gasteiger partial charge in [-0.3, -0.25) is 0 Å². The van der Waals surface area contributed by atoms with Gasteiger partial charge in [0.05, 0.1) is 42.7 Å². The summed E-state index contributed by atoms with van der Waals surface area (Å²) in [6.07, 6.45) is 0. The summed E-state index contributed by atoms with van der Waals surface area (Å²) < 4.78 is 35.3. The second kappa shape index (κ2) is 11.3. The number of methoxy groups -OCH3 is 6. The van der Waals surface area contributed by atoms with E-state index in [1.165, 1.54) is 0 Å². The summed E-state index contributed by atoms with van der Waals surface area (Å²) in [5.74, 6) is 4.12. The first-order valence-corrected chi connectivity index (χ1v) is 13.8. The van der Waals surface area contributed by atoms with Crippen LogP contribution in [-0.2, 0) is 0 Å². The summed E-state index contributed by atoms with van der Waals surface area (Å²) in [5, 5.41) is 4.03. The third-order valence-electron chi connectivity index (χ3n) is 6.62. The first-order valence-electron chi connectivity index (χ1n) is 11.8. The van der Waals surface area contributed by atoms with Gasteiger partial charge in [0.1, 0.15) is 34.5 Å². The molecule has 0 saturated carbocycles. The molecule has 0 spiro atoms. The molecule has 4 aromatic rings. The molecular formula is C30H32O6Si. The molecule has 0 aliphatic rings. The van der Waals surface area contributed by atoms with Crippen LogP contribution in [0.1, 0.15) is 0 Å². The van der Waals surface area contributed by atoms with Gasteiger partial charge in [-0.1, -0.05) is 48.5 Å². The molecule has 0 aliphatic carbocycles. The van der Waals surface area contributed by atoms with Gasteiger partial charge in [-0.25, -0.2) is 0 Å². The first kappa shape index (κ1) is 26.0. The van der Waals surface area contributed by atoms with Gasteiger partial charge in [0.15, 0.2) is 8.07 Å². The third kappa shape index (κ3) is 4.47. The highest BCUT2D eigenvalue weighted by atomic mass is 28.3. The SMILES string of the molecule is COc1ccc([Si](c2ccccc2)(c2c(OC)cccc2OC)c2c(OC)cc(OC)cc2OC)cc1. The van der Waals surface area contributed by atoms with E-state index in [4.69, 9.17) is 28.4 Å². The van der Waals surface area contributed by atoms with E-state index < -0.39 is 8.07 Å². The molecule has 4 aromatic carbocycles. The van der Waals surface area contributed by atoms with Gasteiger partial charge in [-0.15, -0.1) is 0 Å². The lowest BCUT2D eigenvalue weighted by Gasteiger charge is -2.37. The van der Waals surface area contributed by atoms with Crippen molar-refractivity contribution in [3.8, 4) is 34.5 Å². The van der Waals surface area contributed by atoms with Gasteiger partial charge < -0.3 is 28.4 Å². The Morgan fingerprint density at radius 1 is 0.405 bits per heavy atom. The second-order valence-electron chi connectivity index (χ2n) is 8.29. The van der Waals surface area contributed by atoms with Crippen LogP contribution in [0.4, 0.5) is 0 Å². The molecule has 192 valence electrons. The summed E-state index contributed by atoms with van der Waals surface area (Å²) in [7, 11) is 6.73. The highest BCUT2D eigenvalue weighted by Gasteiger charge is 2.49. The topological polar surface area (TPSA) is 55.4 Å². The number of benzene rings is 4. The number of hydrogen-bond donors (Lipinski definition) is 0. The van der Waals surface area contributed by atoms with Crippen LogP contribution in [0.3, 0.4) is 0 Å². The number of hydrogen-bond acceptors (Lipinski definition) is 6. The van der Waals surface area contributed by atoms with E-state index in [9.17, 15) is 0 Å². The highest BCUT2D eigenvalue weighted by Crippen LogP contribution is 2.32. The zero-order valence-electron chi connectivity index (χ0n) is 22.0. The fourth-order valence-electron chi connectivity index (χ4n) is 4.99. The first-order chi connectivity index (χ1) is 18.1. The van der Waals surface area contributed by atoms with Gasteiger partial charge in [0, 0.05) is 22.5 Å². The summed E-state index contributed by atoms with van der Waals surface area (Å²) in [5.41, 5.74) is 0. The van der Waals surface area contributed by atoms with E-state index in [1.807, 2.05) is 60.7 Å². The minimum Gasteiger partial charge on any atom is -0.497 e. The van der Waals surface area contributed by atoms with E-state index in [1.54, 1.807) is 42.7 Å². The Bertz CT molecular complexity index is 1290. The Kier molecular flexibility index (Phi) is 7.94. The van der Waals surface area contributed by atoms with Crippen LogP contribution in [0.15, 0.2) is 84.9 Å². The molecule has 4 rings (SSSR count). The molecule has 0 heterocycles. The van der Waals surface area contributed by atoms with Crippen molar-refractivity contribution < 1.29 is 28.4 Å². The van der Waals surface area contributed by atoms with Gasteiger partial charge in [0.25, 0.3) is 0 Å². The molecule has 0 radical (unpaired) electrons. The van der Waals surface area contributed by atoms with Crippen LogP contribution in [-0.4, -0.2) is 50.7 Å². The average Bonchev–Trinajstić information content (AvgIpc) is 2.98. The molecule has 0 amide bonds. The molecule has 37 heavy (non-hydrogen) atoms. The van der Waals surface area contributed by atoms with Crippen molar-refractivity contribution in [1.29, 1.82) is 0 Å². The molecule has 7 heteroatoms. The van der Waals surface area contributed by atoms with Crippen molar-refractivity contribution in [3.63, 3.8) is 0 Å². The highest BCUT2D eigenvalue weighted by molar-refractivity contribution is 7.21. The predicted octanol–water partition coefficient (Wildman–Crippen LogP) is 3.12. The van der Waals surface area contributed by atoms with E-state index in [0.29, 0.717) is 28.7 Å². The van der Waals surface area contributed by atoms with Crippen LogP contribution >= 0.6 is 0 Å². The average molecular weight is 517 g/mol. The summed E-state index contributed by atoms with van der Waals surface area (Å²) in [6.45, 7) is 0. The van der Waals surface area contributed by atoms with Crippen LogP contribution < -0.4 is 49.2 Å². The maximum atomic E-state index is 6.06. The lowest BCUT2D eigenvalue weighted by molar-refractivity contribution is 0.379. The van der Waals surface area contributed by atoms with E-state index in [0.717, 1.165) is 26.5 Å². The van der Waals surface area contributed by atoms with Crippen molar-refractivity contribution in [3.05, 3.63) is 84.9 Å². The molecule has 0 bridgehead atoms. The third-order valence-corrected chi connectivity index (χ3v) is 11.5. The van der Waals surface area contributed by atoms with Gasteiger partial charge in [0.2, 0.25) is 0 Å². The maximum Gasteiger partial charge on any atom is 0.197 e. The fraction of sp³-hybridized carbons (Fsp3) is 0.200. The van der Waals surface area contributed by atoms with Crippen molar-refractivity contribution in [2.75, 3.05) is 42.7 Å². The molecule has 6 nitrogen and oxygen atoms in total. The second-order valence-corrected chi connectivity index (χ2v) is 11.9. The molecule has 0 aliphatic heterocycles. The van der Waals surface area contributed by atoms with Gasteiger partial charge >= 0.3 is 0 Å². The zero-order chi connectivity index (χ0) is 26.4. The standard InChI is InChI=1S/C30H32O6Si/c1-31-21-15-17-24(18-16-21)37(23-11-8-7-9-12-23,29-25(33-3)13-10-14-26(29)34-4)30-27(35-5)19-22(32-2)20-28(30)36-6/h7-20H,1-6H3. The lowest BCUT2D eigenvalue weighted by Crippen LogP contribution is -2.75. The summed E-state index contributed by atoms with van der Waals surface area (Å²) in [4.78, 5) is 0. The summed E-state index contributed by atoms with van der Waals surface area (Å²) >= 11 is 0. The minimum absolute atomic E-state index is 0.634. The van der Waals surface area contributed by atoms with Gasteiger partial charge in [-0.05, 0) is 34.6 Å². The van der Waals surface area contributed by atoms with E-state index in [2.05, 4.69) is 24.3 Å². The Balaban J connectivity index is 2.32. The Morgan fingerprint density at radius 3 is 1.32 bits per heavy atom. The normalized spacial score (nSPS) is 12.3. The predicted molar refractivity (Wildman–Crippen MR) is 149 cm³/mol. The quantitative estimate of drug-likeness (QED) is 0.239. The largest absolute Gasteiger partial charge is 0.497 e. The number of rotatable bonds is 10. The molecule has 1 unspecified atom stereocenters. The monoisotopic (exact) mass is 516 g/mol. The van der Waals surface area contributed by atoms with Gasteiger partial charge in [-0.2, -0.15) is 0 Å². The molecule has 0 fully saturated rings. The molecule has 0 aromatic heterocycles. The van der Waals surface area contributed by atoms with Crippen LogP contribution in [0, 0.1) is 0 Å². The maximum absolute atomic E-state index is 6.06. The fourth-order valence-corrected chi connectivity index (χ4v) is 10.3. The Morgan fingerprint density at radius 2 is 0.865 bits per heavy atom. The molecule has 1 atom stereocenters. The van der Waals surface area contributed by atoms with Crippen molar-refractivity contribution >= 4 is 28.8 Å². The van der Waals surface area contributed by atoms with E-state index in [-0.39, 0.29) is 0 Å². The smallest absolute Gasteiger partial charge is 0.197 e. The Labute approximate surface area is 219 Å². The zero-order valence-corrected chi connectivity index (χ0v) is 23.0. The van der Waals surface area contributed by atoms with Crippen LogP contribution in [0.25, 0.3) is 0 Å². The van der Waals surface area contributed by atoms with Crippen LogP contribution in [0.5, 0.6) is 34.5 Å². The van der Waals surface area contributed by atoms with E-state index >= 15 is 0 Å². The molecule has 0 N–H and O–H groups in total. The van der Waals surface area contributed by atoms with Crippen molar-refractivity contribution in [2.24, 2.45) is 0 Å².